The fraction of sp³-hybridized carbons (Fsp3) is 0.231. The predicted molar refractivity (Wildman–Crippen MR) is 133 cm³/mol. The lowest BCUT2D eigenvalue weighted by Gasteiger charge is -2.14. The average Bonchev–Trinajstić information content (AvgIpc) is 2.79. The monoisotopic (exact) mass is 548 g/mol. The van der Waals surface area contributed by atoms with E-state index in [0.717, 1.165) is 18.6 Å². The summed E-state index contributed by atoms with van der Waals surface area (Å²) < 4.78 is 45.3. The molecule has 0 saturated heterocycles. The van der Waals surface area contributed by atoms with Gasteiger partial charge in [0.1, 0.15) is 5.75 Å². The highest BCUT2D eigenvalue weighted by atomic mass is 79.9. The summed E-state index contributed by atoms with van der Waals surface area (Å²) in [4.78, 5) is 25.6. The maximum Gasteiger partial charge on any atom is 0.416 e. The van der Waals surface area contributed by atoms with Crippen molar-refractivity contribution in [1.29, 1.82) is 0 Å². The summed E-state index contributed by atoms with van der Waals surface area (Å²) in [7, 11) is 0. The molecule has 3 aromatic carbocycles. The third-order valence-corrected chi connectivity index (χ3v) is 5.46. The Hall–Kier alpha value is -3.33. The van der Waals surface area contributed by atoms with Crippen molar-refractivity contribution in [1.82, 2.24) is 0 Å². The molecule has 184 valence electrons. The van der Waals surface area contributed by atoms with E-state index in [1.165, 1.54) is 24.3 Å². The standard InChI is InChI=1S/C26H24BrF3N2O3/c1-16(2)11-12-35-23-10-9-19(27)15-22(23)25(34)32-20-7-3-5-17(13-20)24(33)31-21-8-4-6-18(14-21)26(28,29)30/h3-10,13-16H,11-12H2,1-2H3,(H,31,33)(H,32,34). The van der Waals surface area contributed by atoms with Crippen LogP contribution < -0.4 is 15.4 Å². The smallest absolute Gasteiger partial charge is 0.416 e. The number of hydrogen-bond acceptors (Lipinski definition) is 3. The normalized spacial score (nSPS) is 11.3. The van der Waals surface area contributed by atoms with Crippen LogP contribution >= 0.6 is 15.9 Å². The highest BCUT2D eigenvalue weighted by Crippen LogP contribution is 2.31. The van der Waals surface area contributed by atoms with Gasteiger partial charge in [0.05, 0.1) is 17.7 Å². The Morgan fingerprint density at radius 1 is 0.914 bits per heavy atom. The molecule has 0 heterocycles. The molecular weight excluding hydrogens is 525 g/mol. The summed E-state index contributed by atoms with van der Waals surface area (Å²) in [5.41, 5.74) is -0.0158. The number of halogens is 4. The molecule has 3 aromatic rings. The number of anilines is 2. The number of carbonyl (C=O) groups excluding carboxylic acids is 2. The Kier molecular flexibility index (Phi) is 8.56. The topological polar surface area (TPSA) is 67.4 Å². The Balaban J connectivity index is 1.74. The average molecular weight is 549 g/mol. The van der Waals surface area contributed by atoms with Crippen LogP contribution in [0.5, 0.6) is 5.75 Å². The number of amides is 2. The van der Waals surface area contributed by atoms with Gasteiger partial charge in [-0.05, 0) is 66.9 Å². The molecule has 3 rings (SSSR count). The summed E-state index contributed by atoms with van der Waals surface area (Å²) in [5, 5.41) is 5.20. The second kappa shape index (κ2) is 11.4. The van der Waals surface area contributed by atoms with Crippen LogP contribution in [-0.4, -0.2) is 18.4 Å². The van der Waals surface area contributed by atoms with Gasteiger partial charge < -0.3 is 15.4 Å². The molecule has 35 heavy (non-hydrogen) atoms. The van der Waals surface area contributed by atoms with Crippen molar-refractivity contribution in [2.75, 3.05) is 17.2 Å². The van der Waals surface area contributed by atoms with Crippen LogP contribution in [0.1, 0.15) is 46.5 Å². The number of ether oxygens (including phenoxy) is 1. The SMILES string of the molecule is CC(C)CCOc1ccc(Br)cc1C(=O)Nc1cccc(C(=O)Nc2cccc(C(F)(F)F)c2)c1. The number of carbonyl (C=O) groups is 2. The lowest BCUT2D eigenvalue weighted by Crippen LogP contribution is -2.16. The summed E-state index contributed by atoms with van der Waals surface area (Å²) >= 11 is 3.36. The highest BCUT2D eigenvalue weighted by molar-refractivity contribution is 9.10. The van der Waals surface area contributed by atoms with Gasteiger partial charge in [-0.25, -0.2) is 0 Å². The van der Waals surface area contributed by atoms with Crippen molar-refractivity contribution >= 4 is 39.1 Å². The molecular formula is C26H24BrF3N2O3. The van der Waals surface area contributed by atoms with E-state index in [2.05, 4.69) is 40.4 Å². The van der Waals surface area contributed by atoms with Gasteiger partial charge in [0, 0.05) is 21.4 Å². The quantitative estimate of drug-likeness (QED) is 0.308. The molecule has 0 atom stereocenters. The van der Waals surface area contributed by atoms with Gasteiger partial charge in [-0.3, -0.25) is 9.59 Å². The molecule has 0 fully saturated rings. The number of benzene rings is 3. The minimum Gasteiger partial charge on any atom is -0.493 e. The van der Waals surface area contributed by atoms with Crippen molar-refractivity contribution in [2.45, 2.75) is 26.4 Å². The van der Waals surface area contributed by atoms with E-state index >= 15 is 0 Å². The van der Waals surface area contributed by atoms with Crippen LogP contribution in [0.25, 0.3) is 0 Å². The first kappa shape index (κ1) is 26.3. The van der Waals surface area contributed by atoms with E-state index in [0.29, 0.717) is 34.0 Å². The van der Waals surface area contributed by atoms with Gasteiger partial charge in [0.2, 0.25) is 0 Å². The van der Waals surface area contributed by atoms with Crippen LogP contribution in [0, 0.1) is 5.92 Å². The van der Waals surface area contributed by atoms with E-state index in [1.807, 2.05) is 0 Å². The summed E-state index contributed by atoms with van der Waals surface area (Å²) in [5.74, 6) is -0.154. The van der Waals surface area contributed by atoms with Crippen LogP contribution in [0.3, 0.4) is 0 Å². The summed E-state index contributed by atoms with van der Waals surface area (Å²) in [6.07, 6.45) is -3.69. The van der Waals surface area contributed by atoms with Crippen LogP contribution in [0.4, 0.5) is 24.5 Å². The Morgan fingerprint density at radius 3 is 2.26 bits per heavy atom. The predicted octanol–water partition coefficient (Wildman–Crippen LogP) is 7.40. The summed E-state index contributed by atoms with van der Waals surface area (Å²) in [6.45, 7) is 4.62. The molecule has 0 radical (unpaired) electrons. The molecule has 0 aliphatic carbocycles. The van der Waals surface area contributed by atoms with E-state index in [9.17, 15) is 22.8 Å². The molecule has 0 spiro atoms. The van der Waals surface area contributed by atoms with Gasteiger partial charge in [0.25, 0.3) is 11.8 Å². The molecule has 5 nitrogen and oxygen atoms in total. The largest absolute Gasteiger partial charge is 0.493 e. The molecule has 0 bridgehead atoms. The van der Waals surface area contributed by atoms with Crippen molar-refractivity contribution in [2.24, 2.45) is 5.92 Å². The minimum absolute atomic E-state index is 0.0107. The first-order valence-electron chi connectivity index (χ1n) is 10.9. The summed E-state index contributed by atoms with van der Waals surface area (Å²) in [6, 6.07) is 15.6. The van der Waals surface area contributed by atoms with E-state index < -0.39 is 23.6 Å². The zero-order valence-electron chi connectivity index (χ0n) is 19.1. The maximum absolute atomic E-state index is 13.0. The van der Waals surface area contributed by atoms with Gasteiger partial charge in [0.15, 0.2) is 0 Å². The zero-order chi connectivity index (χ0) is 25.6. The van der Waals surface area contributed by atoms with E-state index in [4.69, 9.17) is 4.74 Å². The first-order chi connectivity index (χ1) is 16.5. The highest BCUT2D eigenvalue weighted by Gasteiger charge is 2.30. The van der Waals surface area contributed by atoms with Gasteiger partial charge in [-0.1, -0.05) is 41.9 Å². The lowest BCUT2D eigenvalue weighted by atomic mass is 10.1. The van der Waals surface area contributed by atoms with Crippen LogP contribution in [0.2, 0.25) is 0 Å². The van der Waals surface area contributed by atoms with Crippen molar-refractivity contribution in [3.63, 3.8) is 0 Å². The first-order valence-corrected chi connectivity index (χ1v) is 11.6. The molecule has 0 aliphatic rings. The minimum atomic E-state index is -4.52. The second-order valence-corrected chi connectivity index (χ2v) is 9.15. The number of hydrogen-bond donors (Lipinski definition) is 2. The fourth-order valence-electron chi connectivity index (χ4n) is 3.12. The second-order valence-electron chi connectivity index (χ2n) is 8.24. The molecule has 9 heteroatoms. The Morgan fingerprint density at radius 2 is 1.57 bits per heavy atom. The van der Waals surface area contributed by atoms with E-state index in [-0.39, 0.29) is 11.3 Å². The molecule has 2 amide bonds. The molecule has 0 unspecified atom stereocenters. The number of alkyl halides is 3. The third kappa shape index (κ3) is 7.58. The van der Waals surface area contributed by atoms with Gasteiger partial charge in [-0.15, -0.1) is 0 Å². The molecule has 0 saturated carbocycles. The Labute approximate surface area is 209 Å². The molecule has 2 N–H and O–H groups in total. The third-order valence-electron chi connectivity index (χ3n) is 4.97. The van der Waals surface area contributed by atoms with E-state index in [1.54, 1.807) is 30.3 Å². The lowest BCUT2D eigenvalue weighted by molar-refractivity contribution is -0.137. The van der Waals surface area contributed by atoms with Gasteiger partial charge >= 0.3 is 6.18 Å². The number of rotatable bonds is 8. The van der Waals surface area contributed by atoms with Crippen molar-refractivity contribution < 1.29 is 27.5 Å². The number of nitrogens with one attached hydrogen (secondary N) is 2. The Bertz CT molecular complexity index is 1210. The van der Waals surface area contributed by atoms with Crippen LogP contribution in [-0.2, 0) is 6.18 Å². The van der Waals surface area contributed by atoms with Crippen molar-refractivity contribution in [3.05, 3.63) is 87.9 Å². The van der Waals surface area contributed by atoms with Crippen molar-refractivity contribution in [3.8, 4) is 5.75 Å². The van der Waals surface area contributed by atoms with Gasteiger partial charge in [-0.2, -0.15) is 13.2 Å². The fourth-order valence-corrected chi connectivity index (χ4v) is 3.48. The maximum atomic E-state index is 13.0. The molecule has 0 aromatic heterocycles. The molecule has 0 aliphatic heterocycles. The zero-order valence-corrected chi connectivity index (χ0v) is 20.7. The van der Waals surface area contributed by atoms with Crippen LogP contribution in [0.15, 0.2) is 71.2 Å².